The molecule has 0 heterocycles. The number of nitro groups is 1. The van der Waals surface area contributed by atoms with Crippen molar-refractivity contribution >= 4 is 39.7 Å². The highest BCUT2D eigenvalue weighted by molar-refractivity contribution is 14.1. The Morgan fingerprint density at radius 2 is 2.00 bits per heavy atom. The predicted octanol–water partition coefficient (Wildman–Crippen LogP) is 4.34. The number of hydrogen-bond donors (Lipinski definition) is 1. The molecule has 0 saturated carbocycles. The Bertz CT molecular complexity index is 632. The van der Waals surface area contributed by atoms with E-state index in [1.165, 1.54) is 6.07 Å². The molecule has 104 valence electrons. The van der Waals surface area contributed by atoms with Crippen LogP contribution >= 0.6 is 22.6 Å². The van der Waals surface area contributed by atoms with Crippen LogP contribution in [0.15, 0.2) is 42.5 Å². The molecule has 0 aliphatic carbocycles. The minimum atomic E-state index is -0.388. The van der Waals surface area contributed by atoms with E-state index in [1.807, 2.05) is 53.8 Å². The van der Waals surface area contributed by atoms with Gasteiger partial charge in [0.2, 0.25) is 0 Å². The van der Waals surface area contributed by atoms with Gasteiger partial charge in [-0.15, -0.1) is 0 Å². The Morgan fingerprint density at radius 3 is 2.65 bits per heavy atom. The Hall–Kier alpha value is -1.83. The van der Waals surface area contributed by atoms with Gasteiger partial charge >= 0.3 is 0 Å². The molecule has 0 fully saturated rings. The van der Waals surface area contributed by atoms with Crippen molar-refractivity contribution in [3.05, 3.63) is 56.1 Å². The van der Waals surface area contributed by atoms with Gasteiger partial charge in [-0.1, -0.05) is 6.07 Å². The van der Waals surface area contributed by atoms with E-state index in [0.29, 0.717) is 10.2 Å². The van der Waals surface area contributed by atoms with Crippen LogP contribution < -0.4 is 10.1 Å². The van der Waals surface area contributed by atoms with Crippen LogP contribution in [0, 0.1) is 13.7 Å². The zero-order valence-corrected chi connectivity index (χ0v) is 13.0. The van der Waals surface area contributed by atoms with Crippen LogP contribution in [0.2, 0.25) is 0 Å². The maximum Gasteiger partial charge on any atom is 0.282 e. The number of ether oxygens (including phenoxy) is 1. The molecule has 20 heavy (non-hydrogen) atoms. The van der Waals surface area contributed by atoms with Gasteiger partial charge in [-0.25, -0.2) is 0 Å². The second kappa shape index (κ2) is 6.56. The first-order chi connectivity index (χ1) is 9.60. The van der Waals surface area contributed by atoms with Crippen molar-refractivity contribution in [1.29, 1.82) is 0 Å². The van der Waals surface area contributed by atoms with Crippen LogP contribution in [0.5, 0.6) is 5.75 Å². The molecule has 0 bridgehead atoms. The molecule has 0 aromatic heterocycles. The first-order valence-corrected chi connectivity index (χ1v) is 7.12. The molecule has 5 nitrogen and oxygen atoms in total. The van der Waals surface area contributed by atoms with Crippen LogP contribution in [0.25, 0.3) is 0 Å². The first kappa shape index (κ1) is 14.6. The van der Waals surface area contributed by atoms with E-state index in [-0.39, 0.29) is 10.6 Å². The summed E-state index contributed by atoms with van der Waals surface area (Å²) in [5.74, 6) is 0.786. The van der Waals surface area contributed by atoms with Gasteiger partial charge in [-0.2, -0.15) is 0 Å². The van der Waals surface area contributed by atoms with Crippen LogP contribution in [0.1, 0.15) is 6.92 Å². The molecule has 0 aliphatic heterocycles. The molecule has 2 aromatic carbocycles. The zero-order valence-electron chi connectivity index (χ0n) is 10.8. The van der Waals surface area contributed by atoms with Crippen molar-refractivity contribution in [2.24, 2.45) is 0 Å². The van der Waals surface area contributed by atoms with Crippen molar-refractivity contribution in [3.8, 4) is 5.75 Å². The number of nitrogens with one attached hydrogen (secondary N) is 1. The van der Waals surface area contributed by atoms with Gasteiger partial charge in [-0.3, -0.25) is 10.1 Å². The van der Waals surface area contributed by atoms with Gasteiger partial charge in [0.15, 0.2) is 0 Å². The lowest BCUT2D eigenvalue weighted by Gasteiger charge is -2.09. The van der Waals surface area contributed by atoms with E-state index >= 15 is 0 Å². The van der Waals surface area contributed by atoms with E-state index in [1.54, 1.807) is 12.1 Å². The summed E-state index contributed by atoms with van der Waals surface area (Å²) in [5.41, 5.74) is 1.79. The molecule has 0 atom stereocenters. The Labute approximate surface area is 130 Å². The summed E-state index contributed by atoms with van der Waals surface area (Å²) >= 11 is 1.96. The Morgan fingerprint density at radius 1 is 1.25 bits per heavy atom. The number of rotatable bonds is 5. The molecule has 0 saturated heterocycles. The fraction of sp³-hybridized carbons (Fsp3) is 0.143. The van der Waals surface area contributed by atoms with Gasteiger partial charge in [0.05, 0.1) is 15.1 Å². The second-order valence-electron chi connectivity index (χ2n) is 4.01. The summed E-state index contributed by atoms with van der Waals surface area (Å²) in [7, 11) is 0. The highest BCUT2D eigenvalue weighted by Gasteiger charge is 2.11. The maximum atomic E-state index is 10.8. The smallest absolute Gasteiger partial charge is 0.282 e. The van der Waals surface area contributed by atoms with E-state index < -0.39 is 0 Å². The molecular weight excluding hydrogens is 371 g/mol. The average Bonchev–Trinajstić information content (AvgIpc) is 2.39. The van der Waals surface area contributed by atoms with Crippen molar-refractivity contribution < 1.29 is 9.66 Å². The van der Waals surface area contributed by atoms with Gasteiger partial charge in [-0.05, 0) is 53.8 Å². The fourth-order valence-corrected chi connectivity index (χ4v) is 2.44. The average molecular weight is 384 g/mol. The lowest BCUT2D eigenvalue weighted by molar-refractivity contribution is -0.385. The van der Waals surface area contributed by atoms with Gasteiger partial charge in [0.25, 0.3) is 5.69 Å². The molecule has 2 aromatic rings. The van der Waals surface area contributed by atoms with Crippen molar-refractivity contribution in [3.63, 3.8) is 0 Å². The minimum absolute atomic E-state index is 0.110. The molecule has 0 radical (unpaired) electrons. The van der Waals surface area contributed by atoms with E-state index in [9.17, 15) is 10.1 Å². The molecular formula is C14H13IN2O3. The van der Waals surface area contributed by atoms with Crippen LogP contribution in [-0.2, 0) is 0 Å². The van der Waals surface area contributed by atoms with E-state index in [2.05, 4.69) is 5.32 Å². The fourth-order valence-electron chi connectivity index (χ4n) is 1.73. The summed E-state index contributed by atoms with van der Waals surface area (Å²) in [6.07, 6.45) is 0. The third kappa shape index (κ3) is 3.60. The van der Waals surface area contributed by atoms with Crippen molar-refractivity contribution in [1.82, 2.24) is 0 Å². The number of hydrogen-bond acceptors (Lipinski definition) is 4. The van der Waals surface area contributed by atoms with Gasteiger partial charge in [0.1, 0.15) is 5.75 Å². The Kier molecular flexibility index (Phi) is 4.78. The van der Waals surface area contributed by atoms with E-state index in [0.717, 1.165) is 17.1 Å². The summed E-state index contributed by atoms with van der Waals surface area (Å²) in [6, 6.07) is 12.5. The highest BCUT2D eigenvalue weighted by atomic mass is 127. The predicted molar refractivity (Wildman–Crippen MR) is 86.7 cm³/mol. The zero-order chi connectivity index (χ0) is 14.5. The lowest BCUT2D eigenvalue weighted by Crippen LogP contribution is -1.96. The number of nitrogens with zero attached hydrogens (tertiary/aromatic N) is 1. The standard InChI is InChI=1S/C14H13IN2O3/c1-2-20-12-5-3-4-10(8-12)16-11-6-7-14(17(18)19)13(15)9-11/h3-9,16H,2H2,1H3. The molecule has 2 rings (SSSR count). The van der Waals surface area contributed by atoms with Crippen LogP contribution in [-0.4, -0.2) is 11.5 Å². The normalized spacial score (nSPS) is 10.1. The summed E-state index contributed by atoms with van der Waals surface area (Å²) in [4.78, 5) is 10.4. The minimum Gasteiger partial charge on any atom is -0.494 e. The number of nitro benzene ring substituents is 1. The van der Waals surface area contributed by atoms with Crippen LogP contribution in [0.3, 0.4) is 0 Å². The third-order valence-corrected chi connectivity index (χ3v) is 3.44. The topological polar surface area (TPSA) is 64.4 Å². The quantitative estimate of drug-likeness (QED) is 0.473. The molecule has 0 spiro atoms. The van der Waals surface area contributed by atoms with Crippen LogP contribution in [0.4, 0.5) is 17.1 Å². The molecule has 0 aliphatic rings. The monoisotopic (exact) mass is 384 g/mol. The Balaban J connectivity index is 2.19. The third-order valence-electron chi connectivity index (χ3n) is 2.58. The number of halogens is 1. The highest BCUT2D eigenvalue weighted by Crippen LogP contribution is 2.27. The van der Waals surface area contributed by atoms with E-state index in [4.69, 9.17) is 4.74 Å². The lowest BCUT2D eigenvalue weighted by atomic mass is 10.2. The molecule has 1 N–H and O–H groups in total. The summed E-state index contributed by atoms with van der Waals surface area (Å²) < 4.78 is 6.02. The molecule has 0 unspecified atom stereocenters. The maximum absolute atomic E-state index is 10.8. The number of anilines is 2. The van der Waals surface area contributed by atoms with Crippen molar-refractivity contribution in [2.45, 2.75) is 6.92 Å². The SMILES string of the molecule is CCOc1cccc(Nc2ccc([N+](=O)[O-])c(I)c2)c1. The van der Waals surface area contributed by atoms with Gasteiger partial charge < -0.3 is 10.1 Å². The molecule has 0 amide bonds. The largest absolute Gasteiger partial charge is 0.494 e. The second-order valence-corrected chi connectivity index (χ2v) is 5.17. The summed E-state index contributed by atoms with van der Waals surface area (Å²) in [5, 5.41) is 14.0. The summed E-state index contributed by atoms with van der Waals surface area (Å²) in [6.45, 7) is 2.54. The number of benzene rings is 2. The molecule has 6 heteroatoms. The van der Waals surface area contributed by atoms with Crippen molar-refractivity contribution in [2.75, 3.05) is 11.9 Å². The first-order valence-electron chi connectivity index (χ1n) is 6.04. The van der Waals surface area contributed by atoms with Gasteiger partial charge in [0, 0.05) is 23.5 Å².